The Bertz CT molecular complexity index is 1900. The first-order valence-electron chi connectivity index (χ1n) is 16.3. The van der Waals surface area contributed by atoms with Crippen LogP contribution in [-0.4, -0.2) is 53.1 Å². The molecule has 2 aliphatic heterocycles. The minimum atomic E-state index is -2.40. The number of nitrogens with one attached hydrogen (secondary N) is 1. The van der Waals surface area contributed by atoms with E-state index in [1.165, 1.54) is 27.3 Å². The fourth-order valence-corrected chi connectivity index (χ4v) is 13.1. The average molecular weight is 848 g/mol. The summed E-state index contributed by atoms with van der Waals surface area (Å²) in [6.45, 7) is 0.0385. The molecule has 1 aromatic heterocycles. The lowest BCUT2D eigenvalue weighted by Crippen LogP contribution is -2.70. The van der Waals surface area contributed by atoms with E-state index in [0.717, 1.165) is 16.0 Å². The molecule has 1 fully saturated rings. The van der Waals surface area contributed by atoms with Gasteiger partial charge in [-0.25, -0.2) is 4.79 Å². The lowest BCUT2D eigenvalue weighted by Gasteiger charge is -2.50. The molecule has 2 atom stereocenters. The maximum Gasteiger partial charge on any atom is 0.355 e. The second kappa shape index (κ2) is 16.6. The number of methoxy groups -OCH3 is 1. The molecule has 1 N–H and O–H groups in total. The van der Waals surface area contributed by atoms with Crippen molar-refractivity contribution in [1.29, 1.82) is 0 Å². The molecule has 0 aliphatic carbocycles. The summed E-state index contributed by atoms with van der Waals surface area (Å²) >= 11 is 3.08. The molecule has 0 saturated carbocycles. The second-order valence-electron chi connectivity index (χ2n) is 12.1. The van der Waals surface area contributed by atoms with Gasteiger partial charge in [0, 0.05) is 16.2 Å². The molecular weight excluding hydrogens is 810 g/mol. The van der Waals surface area contributed by atoms with Gasteiger partial charge in [0.1, 0.15) is 52.6 Å². The van der Waals surface area contributed by atoms with Gasteiger partial charge in [0.15, 0.2) is 0 Å². The number of nitrogens with zero attached hydrogens (tertiary/aromatic N) is 1. The quantitative estimate of drug-likeness (QED) is 0.0687. The minimum Gasteiger partial charge on any atom is -0.497 e. The number of amides is 2. The van der Waals surface area contributed by atoms with Crippen LogP contribution in [-0.2, 0) is 32.1 Å². The number of β-lactam (4-membered cyclic amide) rings is 1. The topological polar surface area (TPSA) is 84.9 Å². The third kappa shape index (κ3) is 7.65. The number of benzene rings is 4. The van der Waals surface area contributed by atoms with E-state index in [4.69, 9.17) is 9.47 Å². The summed E-state index contributed by atoms with van der Waals surface area (Å²) in [5.74, 6) is 0.140. The molecule has 0 bridgehead atoms. The van der Waals surface area contributed by atoms with Gasteiger partial charge < -0.3 is 14.8 Å². The van der Waals surface area contributed by atoms with Crippen molar-refractivity contribution >= 4 is 88.0 Å². The molecule has 1 saturated heterocycles. The highest BCUT2D eigenvalue weighted by atomic mass is 127. The smallest absolute Gasteiger partial charge is 0.355 e. The molecule has 0 radical (unpaired) electrons. The molecular formula is C40H37IN2O5PS2+. The number of carbonyl (C=O) groups excluding carboxylic acids is 3. The largest absolute Gasteiger partial charge is 0.497 e. The van der Waals surface area contributed by atoms with Crippen molar-refractivity contribution in [3.63, 3.8) is 0 Å². The van der Waals surface area contributed by atoms with Gasteiger partial charge in [-0.05, 0) is 65.5 Å². The number of halogens is 1. The van der Waals surface area contributed by atoms with Gasteiger partial charge in [0.25, 0.3) is 5.91 Å². The number of thiophene rings is 1. The number of hydrogen-bond acceptors (Lipinski definition) is 7. The molecule has 0 unspecified atom stereocenters. The summed E-state index contributed by atoms with van der Waals surface area (Å²) in [5, 5.41) is 7.99. The fourth-order valence-electron chi connectivity index (χ4n) is 6.58. The highest BCUT2D eigenvalue weighted by Crippen LogP contribution is 2.58. The summed E-state index contributed by atoms with van der Waals surface area (Å²) < 4.78 is 11.3. The average Bonchev–Trinajstić information content (AvgIpc) is 3.69. The highest BCUT2D eigenvalue weighted by molar-refractivity contribution is 14.0. The van der Waals surface area contributed by atoms with Crippen LogP contribution in [0.4, 0.5) is 0 Å². The van der Waals surface area contributed by atoms with Crippen molar-refractivity contribution in [1.82, 2.24) is 10.2 Å². The van der Waals surface area contributed by atoms with Gasteiger partial charge in [0.2, 0.25) is 5.91 Å². The maximum absolute atomic E-state index is 14.3. The lowest BCUT2D eigenvalue weighted by molar-refractivity contribution is -0.153. The van der Waals surface area contributed by atoms with E-state index in [9.17, 15) is 14.4 Å². The first-order chi connectivity index (χ1) is 24.5. The van der Waals surface area contributed by atoms with E-state index >= 15 is 0 Å². The Morgan fingerprint density at radius 2 is 1.41 bits per heavy atom. The Kier molecular flexibility index (Phi) is 12.0. The standard InChI is InChI=1S/C40H35N2O5PS2.HI/c1-46-30-21-19-28(20-22-30)25-47-40(45)37-29(27-50-39-36(38(44)42(37)39)41-35(43)24-34-18-11-23-49-34)26-48(31-12-5-2-6-13-31,32-14-7-3-8-15-32)33-16-9-4-10-17-33;/h2-23,36,39H,24-27H2,1H3;1H/p+1/t36-,39-;/m1./s1. The van der Waals surface area contributed by atoms with Gasteiger partial charge in [0.05, 0.1) is 19.7 Å². The molecule has 7 rings (SSSR count). The number of rotatable bonds is 12. The Hall–Kier alpha value is -3.96. The van der Waals surface area contributed by atoms with Crippen LogP contribution in [0.2, 0.25) is 0 Å². The summed E-state index contributed by atoms with van der Waals surface area (Å²) in [6.07, 6.45) is 0.742. The molecule has 51 heavy (non-hydrogen) atoms. The Morgan fingerprint density at radius 1 is 0.824 bits per heavy atom. The van der Waals surface area contributed by atoms with Crippen molar-refractivity contribution < 1.29 is 23.9 Å². The molecule has 260 valence electrons. The van der Waals surface area contributed by atoms with Gasteiger partial charge in [-0.3, -0.25) is 14.5 Å². The third-order valence-corrected chi connectivity index (χ3v) is 15.6. The number of esters is 1. The monoisotopic (exact) mass is 847 g/mol. The predicted molar refractivity (Wildman–Crippen MR) is 218 cm³/mol. The molecule has 2 amide bonds. The van der Waals surface area contributed by atoms with Crippen molar-refractivity contribution in [2.24, 2.45) is 0 Å². The van der Waals surface area contributed by atoms with E-state index in [1.807, 2.05) is 60.0 Å². The summed E-state index contributed by atoms with van der Waals surface area (Å²) in [5.41, 5.74) is 1.94. The number of carbonyl (C=O) groups is 3. The van der Waals surface area contributed by atoms with Crippen molar-refractivity contribution in [2.45, 2.75) is 24.4 Å². The van der Waals surface area contributed by atoms with Crippen molar-refractivity contribution in [3.8, 4) is 5.75 Å². The molecule has 7 nitrogen and oxygen atoms in total. The summed E-state index contributed by atoms with van der Waals surface area (Å²) in [6, 6.07) is 41.8. The zero-order valence-electron chi connectivity index (χ0n) is 27.8. The van der Waals surface area contributed by atoms with Crippen LogP contribution in [0, 0.1) is 0 Å². The van der Waals surface area contributed by atoms with Gasteiger partial charge >= 0.3 is 5.97 Å². The highest BCUT2D eigenvalue weighted by Gasteiger charge is 2.56. The number of fused-ring (bicyclic) bond motifs is 1. The Morgan fingerprint density at radius 3 is 1.94 bits per heavy atom. The van der Waals surface area contributed by atoms with Crippen LogP contribution in [0.15, 0.2) is 144 Å². The van der Waals surface area contributed by atoms with Crippen LogP contribution in [0.25, 0.3) is 0 Å². The molecule has 0 spiro atoms. The fraction of sp³-hybridized carbons (Fsp3) is 0.175. The summed E-state index contributed by atoms with van der Waals surface area (Å²) in [7, 11) is -0.794. The van der Waals surface area contributed by atoms with Crippen LogP contribution in [0.3, 0.4) is 0 Å². The molecule has 11 heteroatoms. The van der Waals surface area contributed by atoms with Crippen LogP contribution < -0.4 is 26.0 Å². The molecule has 5 aromatic rings. The first kappa shape index (κ1) is 36.8. The van der Waals surface area contributed by atoms with E-state index in [-0.39, 0.29) is 54.5 Å². The summed E-state index contributed by atoms with van der Waals surface area (Å²) in [4.78, 5) is 43.7. The zero-order chi connectivity index (χ0) is 34.5. The molecule has 3 heterocycles. The SMILES string of the molecule is COc1ccc(COC(=O)C2=C(C[P+](c3ccccc3)(c3ccccc3)c3ccccc3)CS[C@@H]3[C@H](NC(=O)Cc4cccs4)C(=O)N23)cc1.I. The number of thioether (sulfide) groups is 1. The number of ether oxygens (including phenoxy) is 2. The lowest BCUT2D eigenvalue weighted by atomic mass is 10.0. The zero-order valence-corrected chi connectivity index (χ0v) is 32.7. The van der Waals surface area contributed by atoms with Crippen LogP contribution in [0.1, 0.15) is 10.4 Å². The van der Waals surface area contributed by atoms with Crippen molar-refractivity contribution in [2.75, 3.05) is 19.0 Å². The minimum absolute atomic E-state index is 0. The predicted octanol–water partition coefficient (Wildman–Crippen LogP) is 6.31. The first-order valence-corrected chi connectivity index (χ1v) is 20.2. The van der Waals surface area contributed by atoms with Crippen LogP contribution >= 0.6 is 54.3 Å². The van der Waals surface area contributed by atoms with Gasteiger partial charge in [-0.2, -0.15) is 0 Å². The van der Waals surface area contributed by atoms with Crippen molar-refractivity contribution in [3.05, 3.63) is 154 Å². The maximum atomic E-state index is 14.3. The van der Waals surface area contributed by atoms with E-state index < -0.39 is 24.6 Å². The Labute approximate surface area is 323 Å². The van der Waals surface area contributed by atoms with Gasteiger partial charge in [-0.15, -0.1) is 47.1 Å². The van der Waals surface area contributed by atoms with E-state index in [0.29, 0.717) is 17.7 Å². The second-order valence-corrected chi connectivity index (χ2v) is 17.7. The molecule has 2 aliphatic rings. The number of hydrogen-bond donors (Lipinski definition) is 1. The normalized spacial score (nSPS) is 16.7. The van der Waals surface area contributed by atoms with E-state index in [1.54, 1.807) is 23.8 Å². The molecule has 4 aromatic carbocycles. The van der Waals surface area contributed by atoms with Gasteiger partial charge in [-0.1, -0.05) is 72.8 Å². The van der Waals surface area contributed by atoms with E-state index in [2.05, 4.69) is 78.1 Å². The Balaban J connectivity index is 0.00000448. The third-order valence-electron chi connectivity index (χ3n) is 9.02. The van der Waals surface area contributed by atoms with Crippen LogP contribution in [0.5, 0.6) is 5.75 Å².